The molecule has 96 valence electrons. The highest BCUT2D eigenvalue weighted by molar-refractivity contribution is 5.21. The number of aryl methyl sites for hydroxylation is 3. The van der Waals surface area contributed by atoms with Crippen molar-refractivity contribution in [3.8, 4) is 0 Å². The molecule has 0 radical (unpaired) electrons. The molecule has 0 aromatic carbocycles. The van der Waals surface area contributed by atoms with Crippen molar-refractivity contribution in [3.63, 3.8) is 0 Å². The molecule has 0 saturated heterocycles. The predicted molar refractivity (Wildman–Crippen MR) is 66.8 cm³/mol. The van der Waals surface area contributed by atoms with Crippen LogP contribution >= 0.6 is 0 Å². The molecular weight excluding hydrogens is 233 g/mol. The topological polar surface area (TPSA) is 55.6 Å². The number of nitrogens with zero attached hydrogens (tertiary/aromatic N) is 4. The standard InChI is InChI=1S/C12H16FN5/c1-9-6-10(2)18(17-9)5-3-4-14-12-15-7-11(13)8-16-12/h6-8H,3-5H2,1-2H3,(H,14,15,16). The van der Waals surface area contributed by atoms with Crippen molar-refractivity contribution in [1.29, 1.82) is 0 Å². The fourth-order valence-corrected chi connectivity index (χ4v) is 1.73. The van der Waals surface area contributed by atoms with Crippen LogP contribution in [0, 0.1) is 19.7 Å². The number of halogens is 1. The van der Waals surface area contributed by atoms with Crippen LogP contribution in [-0.2, 0) is 6.54 Å². The van der Waals surface area contributed by atoms with Crippen LogP contribution < -0.4 is 5.32 Å². The maximum absolute atomic E-state index is 12.6. The molecule has 0 aliphatic heterocycles. The van der Waals surface area contributed by atoms with Crippen LogP contribution in [0.2, 0.25) is 0 Å². The minimum Gasteiger partial charge on any atom is -0.354 e. The van der Waals surface area contributed by atoms with Gasteiger partial charge in [0.25, 0.3) is 0 Å². The number of aromatic nitrogens is 4. The first-order chi connectivity index (χ1) is 8.65. The molecule has 2 heterocycles. The number of nitrogens with one attached hydrogen (secondary N) is 1. The quantitative estimate of drug-likeness (QED) is 0.823. The number of hydrogen-bond donors (Lipinski definition) is 1. The molecular formula is C12H16FN5. The van der Waals surface area contributed by atoms with Gasteiger partial charge in [0.05, 0.1) is 18.1 Å². The van der Waals surface area contributed by atoms with Crippen molar-refractivity contribution in [2.24, 2.45) is 0 Å². The maximum Gasteiger partial charge on any atom is 0.222 e. The fraction of sp³-hybridized carbons (Fsp3) is 0.417. The van der Waals surface area contributed by atoms with E-state index in [-0.39, 0.29) is 0 Å². The van der Waals surface area contributed by atoms with Crippen LogP contribution in [0.3, 0.4) is 0 Å². The molecule has 6 heteroatoms. The van der Waals surface area contributed by atoms with Crippen molar-refractivity contribution in [3.05, 3.63) is 35.7 Å². The molecule has 18 heavy (non-hydrogen) atoms. The highest BCUT2D eigenvalue weighted by atomic mass is 19.1. The molecule has 0 unspecified atom stereocenters. The average molecular weight is 249 g/mol. The van der Waals surface area contributed by atoms with Crippen LogP contribution in [0.4, 0.5) is 10.3 Å². The summed E-state index contributed by atoms with van der Waals surface area (Å²) in [7, 11) is 0. The van der Waals surface area contributed by atoms with E-state index in [4.69, 9.17) is 0 Å². The van der Waals surface area contributed by atoms with Crippen LogP contribution in [0.1, 0.15) is 17.8 Å². The van der Waals surface area contributed by atoms with Gasteiger partial charge in [-0.05, 0) is 26.3 Å². The lowest BCUT2D eigenvalue weighted by molar-refractivity contribution is 0.572. The van der Waals surface area contributed by atoms with E-state index in [0.717, 1.165) is 43.3 Å². The highest BCUT2D eigenvalue weighted by Gasteiger charge is 2.00. The van der Waals surface area contributed by atoms with Gasteiger partial charge >= 0.3 is 0 Å². The second kappa shape index (κ2) is 5.57. The summed E-state index contributed by atoms with van der Waals surface area (Å²) in [6.45, 7) is 5.59. The molecule has 0 atom stereocenters. The number of anilines is 1. The molecule has 0 spiro atoms. The minimum absolute atomic E-state index is 0.428. The van der Waals surface area contributed by atoms with Gasteiger partial charge in [-0.15, -0.1) is 0 Å². The van der Waals surface area contributed by atoms with E-state index >= 15 is 0 Å². The van der Waals surface area contributed by atoms with Gasteiger partial charge in [0.1, 0.15) is 0 Å². The van der Waals surface area contributed by atoms with Gasteiger partial charge in [-0.1, -0.05) is 0 Å². The highest BCUT2D eigenvalue weighted by Crippen LogP contribution is 2.03. The zero-order valence-corrected chi connectivity index (χ0v) is 10.5. The third-order valence-corrected chi connectivity index (χ3v) is 2.55. The first kappa shape index (κ1) is 12.5. The molecule has 0 fully saturated rings. The first-order valence-corrected chi connectivity index (χ1v) is 5.87. The Bertz CT molecular complexity index is 506. The van der Waals surface area contributed by atoms with E-state index in [0.29, 0.717) is 5.95 Å². The lowest BCUT2D eigenvalue weighted by Gasteiger charge is -2.06. The summed E-state index contributed by atoms with van der Waals surface area (Å²) in [6, 6.07) is 2.05. The molecule has 0 aliphatic carbocycles. The lowest BCUT2D eigenvalue weighted by atomic mass is 10.4. The van der Waals surface area contributed by atoms with Crippen molar-refractivity contribution in [2.75, 3.05) is 11.9 Å². The minimum atomic E-state index is -0.428. The Morgan fingerprint density at radius 1 is 1.28 bits per heavy atom. The number of rotatable bonds is 5. The second-order valence-electron chi connectivity index (χ2n) is 4.16. The summed E-state index contributed by atoms with van der Waals surface area (Å²) in [4.78, 5) is 7.65. The van der Waals surface area contributed by atoms with Crippen molar-refractivity contribution < 1.29 is 4.39 Å². The molecule has 1 N–H and O–H groups in total. The Labute approximate surface area is 105 Å². The van der Waals surface area contributed by atoms with E-state index in [1.165, 1.54) is 0 Å². The average Bonchev–Trinajstić information content (AvgIpc) is 2.66. The summed E-state index contributed by atoms with van der Waals surface area (Å²) in [5.74, 6) is 0.0213. The monoisotopic (exact) mass is 249 g/mol. The molecule has 2 aromatic heterocycles. The van der Waals surface area contributed by atoms with E-state index in [1.807, 2.05) is 18.5 Å². The summed E-state index contributed by atoms with van der Waals surface area (Å²) >= 11 is 0. The molecule has 0 amide bonds. The molecule has 0 saturated carbocycles. The zero-order valence-electron chi connectivity index (χ0n) is 10.5. The van der Waals surface area contributed by atoms with Gasteiger partial charge in [-0.3, -0.25) is 4.68 Å². The van der Waals surface area contributed by atoms with Crippen molar-refractivity contribution in [2.45, 2.75) is 26.8 Å². The second-order valence-corrected chi connectivity index (χ2v) is 4.16. The Balaban J connectivity index is 1.76. The summed E-state index contributed by atoms with van der Waals surface area (Å²) in [5, 5.41) is 7.41. The van der Waals surface area contributed by atoms with E-state index in [1.54, 1.807) is 0 Å². The molecule has 0 bridgehead atoms. The van der Waals surface area contributed by atoms with Crippen LogP contribution in [0.25, 0.3) is 0 Å². The summed E-state index contributed by atoms with van der Waals surface area (Å²) in [5.41, 5.74) is 2.19. The Hall–Kier alpha value is -1.98. The lowest BCUT2D eigenvalue weighted by Crippen LogP contribution is -2.10. The van der Waals surface area contributed by atoms with Crippen LogP contribution in [0.5, 0.6) is 0 Å². The third-order valence-electron chi connectivity index (χ3n) is 2.55. The van der Waals surface area contributed by atoms with Gasteiger partial charge < -0.3 is 5.32 Å². The third kappa shape index (κ3) is 3.26. The Morgan fingerprint density at radius 2 is 2.00 bits per heavy atom. The van der Waals surface area contributed by atoms with E-state index in [2.05, 4.69) is 26.4 Å². The molecule has 2 aromatic rings. The van der Waals surface area contributed by atoms with Gasteiger partial charge in [-0.2, -0.15) is 5.10 Å². The maximum atomic E-state index is 12.6. The van der Waals surface area contributed by atoms with Gasteiger partial charge in [-0.25, -0.2) is 14.4 Å². The predicted octanol–water partition coefficient (Wildman–Crippen LogP) is 1.93. The zero-order chi connectivity index (χ0) is 13.0. The molecule has 5 nitrogen and oxygen atoms in total. The smallest absolute Gasteiger partial charge is 0.222 e. The van der Waals surface area contributed by atoms with Crippen molar-refractivity contribution in [1.82, 2.24) is 19.7 Å². The van der Waals surface area contributed by atoms with Crippen molar-refractivity contribution >= 4 is 5.95 Å². The Morgan fingerprint density at radius 3 is 2.61 bits per heavy atom. The first-order valence-electron chi connectivity index (χ1n) is 5.87. The largest absolute Gasteiger partial charge is 0.354 e. The van der Waals surface area contributed by atoms with Gasteiger partial charge in [0.15, 0.2) is 5.82 Å². The van der Waals surface area contributed by atoms with Crippen LogP contribution in [-0.4, -0.2) is 26.3 Å². The SMILES string of the molecule is Cc1cc(C)n(CCCNc2ncc(F)cn2)n1. The summed E-state index contributed by atoms with van der Waals surface area (Å²) in [6.07, 6.45) is 3.20. The van der Waals surface area contributed by atoms with E-state index < -0.39 is 5.82 Å². The Kier molecular flexibility index (Phi) is 3.86. The summed E-state index contributed by atoms with van der Waals surface area (Å²) < 4.78 is 14.6. The van der Waals surface area contributed by atoms with Crippen LogP contribution in [0.15, 0.2) is 18.5 Å². The molecule has 2 rings (SSSR count). The van der Waals surface area contributed by atoms with Gasteiger partial charge in [0.2, 0.25) is 5.95 Å². The molecule has 0 aliphatic rings. The fourth-order valence-electron chi connectivity index (χ4n) is 1.73. The van der Waals surface area contributed by atoms with Gasteiger partial charge in [0, 0.05) is 18.8 Å². The number of hydrogen-bond acceptors (Lipinski definition) is 4. The normalized spacial score (nSPS) is 10.6. The van der Waals surface area contributed by atoms with E-state index in [9.17, 15) is 4.39 Å².